The maximum atomic E-state index is 11.9. The van der Waals surface area contributed by atoms with E-state index in [9.17, 15) is 4.79 Å². The van der Waals surface area contributed by atoms with E-state index in [4.69, 9.17) is 0 Å². The summed E-state index contributed by atoms with van der Waals surface area (Å²) in [5.41, 5.74) is 1.42. The van der Waals surface area contributed by atoms with Gasteiger partial charge in [0.15, 0.2) is 5.96 Å². The lowest BCUT2D eigenvalue weighted by atomic mass is 9.82. The molecule has 0 bridgehead atoms. The van der Waals surface area contributed by atoms with E-state index < -0.39 is 0 Å². The van der Waals surface area contributed by atoms with Crippen LogP contribution < -0.4 is 5.32 Å². The van der Waals surface area contributed by atoms with Crippen molar-refractivity contribution < 1.29 is 4.79 Å². The zero-order chi connectivity index (χ0) is 18.4. The largest absolute Gasteiger partial charge is 0.354 e. The van der Waals surface area contributed by atoms with E-state index in [0.717, 1.165) is 25.5 Å². The van der Waals surface area contributed by atoms with Gasteiger partial charge in [0.1, 0.15) is 6.54 Å². The molecule has 2 atom stereocenters. The van der Waals surface area contributed by atoms with Gasteiger partial charge in [-0.15, -0.1) is 24.0 Å². The van der Waals surface area contributed by atoms with Crippen LogP contribution >= 0.6 is 24.0 Å². The molecule has 2 unspecified atom stereocenters. The quantitative estimate of drug-likeness (QED) is 0.416. The molecule has 1 fully saturated rings. The molecule has 146 valence electrons. The predicted molar refractivity (Wildman–Crippen MR) is 119 cm³/mol. The lowest BCUT2D eigenvalue weighted by Crippen LogP contribution is -2.50. The minimum atomic E-state index is 0. The van der Waals surface area contributed by atoms with E-state index in [2.05, 4.69) is 66.3 Å². The summed E-state index contributed by atoms with van der Waals surface area (Å²) < 4.78 is 0. The normalized spacial score (nSPS) is 20.5. The van der Waals surface area contributed by atoms with E-state index in [1.807, 2.05) is 0 Å². The number of carbonyl (C=O) groups excluding carboxylic acids is 1. The molecule has 0 saturated carbocycles. The van der Waals surface area contributed by atoms with Crippen LogP contribution in [0.15, 0.2) is 35.3 Å². The van der Waals surface area contributed by atoms with Gasteiger partial charge in [-0.2, -0.15) is 0 Å². The second-order valence-electron chi connectivity index (χ2n) is 7.46. The molecule has 1 saturated heterocycles. The van der Waals surface area contributed by atoms with Crippen LogP contribution in [0, 0.1) is 5.92 Å². The Bertz CT molecular complexity index is 589. The zero-order valence-corrected chi connectivity index (χ0v) is 18.9. The average molecular weight is 472 g/mol. The van der Waals surface area contributed by atoms with Gasteiger partial charge >= 0.3 is 0 Å². The van der Waals surface area contributed by atoms with Crippen molar-refractivity contribution >= 4 is 35.8 Å². The molecule has 5 nitrogen and oxygen atoms in total. The first-order valence-electron chi connectivity index (χ1n) is 9.19. The fourth-order valence-corrected chi connectivity index (χ4v) is 3.31. The first-order chi connectivity index (χ1) is 11.9. The van der Waals surface area contributed by atoms with Gasteiger partial charge < -0.3 is 15.1 Å². The number of nitrogens with zero attached hydrogens (tertiary/aromatic N) is 3. The summed E-state index contributed by atoms with van der Waals surface area (Å²) in [6.45, 7) is 8.61. The highest BCUT2D eigenvalue weighted by atomic mass is 127. The Hall–Kier alpha value is -1.31. The number of piperidine rings is 1. The molecular weight excluding hydrogens is 439 g/mol. The molecule has 6 heteroatoms. The average Bonchev–Trinajstić information content (AvgIpc) is 2.58. The molecule has 26 heavy (non-hydrogen) atoms. The number of halogens is 1. The van der Waals surface area contributed by atoms with E-state index in [1.54, 1.807) is 19.0 Å². The monoisotopic (exact) mass is 472 g/mol. The van der Waals surface area contributed by atoms with E-state index >= 15 is 0 Å². The third-order valence-corrected chi connectivity index (χ3v) is 4.71. The summed E-state index contributed by atoms with van der Waals surface area (Å²) in [4.78, 5) is 20.4. The highest BCUT2D eigenvalue weighted by molar-refractivity contribution is 14.0. The third kappa shape index (κ3) is 6.45. The minimum absolute atomic E-state index is 0. The van der Waals surface area contributed by atoms with Crippen molar-refractivity contribution in [3.63, 3.8) is 0 Å². The van der Waals surface area contributed by atoms with Crippen LogP contribution in [0.5, 0.6) is 0 Å². The van der Waals surface area contributed by atoms with Crippen LogP contribution in [0.2, 0.25) is 0 Å². The molecule has 1 aromatic carbocycles. The summed E-state index contributed by atoms with van der Waals surface area (Å²) >= 11 is 0. The second kappa shape index (κ2) is 10.7. The van der Waals surface area contributed by atoms with Crippen molar-refractivity contribution in [3.05, 3.63) is 35.9 Å². The molecule has 1 aliphatic heterocycles. The molecule has 1 amide bonds. The Labute approximate surface area is 175 Å². The zero-order valence-electron chi connectivity index (χ0n) is 16.6. The SMILES string of the molecule is CC(C)NC(=NCC(=O)N(C)C)N1CCC(c2ccccc2)C(C)C1.I. The van der Waals surface area contributed by atoms with Crippen LogP contribution in [0.1, 0.15) is 38.7 Å². The number of rotatable bonds is 4. The lowest BCUT2D eigenvalue weighted by Gasteiger charge is -2.39. The number of benzene rings is 1. The number of amides is 1. The molecule has 2 rings (SSSR count). The van der Waals surface area contributed by atoms with Crippen LogP contribution in [0.3, 0.4) is 0 Å². The standard InChI is InChI=1S/C20H32N4O.HI/c1-15(2)22-20(21-13-19(25)23(4)5)24-12-11-18(16(3)14-24)17-9-7-6-8-10-17;/h6-10,15-16,18H,11-14H2,1-5H3,(H,21,22);1H. The van der Waals surface area contributed by atoms with E-state index in [1.165, 1.54) is 5.56 Å². The summed E-state index contributed by atoms with van der Waals surface area (Å²) in [6.07, 6.45) is 1.10. The first kappa shape index (κ1) is 22.7. The number of guanidine groups is 1. The summed E-state index contributed by atoms with van der Waals surface area (Å²) in [5, 5.41) is 3.42. The van der Waals surface area contributed by atoms with Gasteiger partial charge in [-0.1, -0.05) is 37.3 Å². The van der Waals surface area contributed by atoms with Crippen molar-refractivity contribution in [2.24, 2.45) is 10.9 Å². The number of likely N-dealkylation sites (tertiary alicyclic amines) is 1. The fraction of sp³-hybridized carbons (Fsp3) is 0.600. The maximum absolute atomic E-state index is 11.9. The summed E-state index contributed by atoms with van der Waals surface area (Å²) in [5.74, 6) is 2.00. The number of likely N-dealkylation sites (N-methyl/N-ethyl adjacent to an activating group) is 1. The van der Waals surface area contributed by atoms with Crippen LogP contribution in [0.25, 0.3) is 0 Å². The highest BCUT2D eigenvalue weighted by Gasteiger charge is 2.29. The first-order valence-corrected chi connectivity index (χ1v) is 9.19. The smallest absolute Gasteiger partial charge is 0.243 e. The van der Waals surface area contributed by atoms with Gasteiger partial charge in [0.25, 0.3) is 0 Å². The molecule has 1 aromatic rings. The maximum Gasteiger partial charge on any atom is 0.243 e. The summed E-state index contributed by atoms with van der Waals surface area (Å²) in [6, 6.07) is 11.1. The molecule has 1 N–H and O–H groups in total. The number of hydrogen-bond acceptors (Lipinski definition) is 2. The molecule has 0 radical (unpaired) electrons. The number of nitrogens with one attached hydrogen (secondary N) is 1. The number of carbonyl (C=O) groups is 1. The Morgan fingerprint density at radius 3 is 2.50 bits per heavy atom. The fourth-order valence-electron chi connectivity index (χ4n) is 3.31. The predicted octanol–water partition coefficient (Wildman–Crippen LogP) is 3.17. The lowest BCUT2D eigenvalue weighted by molar-refractivity contribution is -0.127. The third-order valence-electron chi connectivity index (χ3n) is 4.71. The number of aliphatic imine (C=N–C) groups is 1. The Kier molecular flexibility index (Phi) is 9.39. The topological polar surface area (TPSA) is 47.9 Å². The summed E-state index contributed by atoms with van der Waals surface area (Å²) in [7, 11) is 3.53. The Balaban J connectivity index is 0.00000338. The second-order valence-corrected chi connectivity index (χ2v) is 7.46. The van der Waals surface area contributed by atoms with Crippen molar-refractivity contribution in [2.45, 2.75) is 39.2 Å². The number of hydrogen-bond donors (Lipinski definition) is 1. The van der Waals surface area contributed by atoms with Crippen molar-refractivity contribution in [3.8, 4) is 0 Å². The van der Waals surface area contributed by atoms with E-state index in [-0.39, 0.29) is 42.5 Å². The van der Waals surface area contributed by atoms with Gasteiger partial charge in [-0.05, 0) is 37.7 Å². The van der Waals surface area contributed by atoms with Gasteiger partial charge in [-0.25, -0.2) is 4.99 Å². The highest BCUT2D eigenvalue weighted by Crippen LogP contribution is 2.32. The molecule has 0 aliphatic carbocycles. The van der Waals surface area contributed by atoms with Crippen molar-refractivity contribution in [1.29, 1.82) is 0 Å². The van der Waals surface area contributed by atoms with E-state index in [0.29, 0.717) is 11.8 Å². The van der Waals surface area contributed by atoms with Crippen LogP contribution in [-0.4, -0.2) is 61.4 Å². The van der Waals surface area contributed by atoms with Crippen LogP contribution in [-0.2, 0) is 4.79 Å². The van der Waals surface area contributed by atoms with Crippen molar-refractivity contribution in [1.82, 2.24) is 15.1 Å². The molecule has 1 heterocycles. The Morgan fingerprint density at radius 2 is 1.96 bits per heavy atom. The molecule has 0 spiro atoms. The molecule has 0 aromatic heterocycles. The van der Waals surface area contributed by atoms with Gasteiger partial charge in [0.05, 0.1) is 0 Å². The van der Waals surface area contributed by atoms with Gasteiger partial charge in [0, 0.05) is 33.2 Å². The molecule has 1 aliphatic rings. The van der Waals surface area contributed by atoms with Crippen LogP contribution in [0.4, 0.5) is 0 Å². The minimum Gasteiger partial charge on any atom is -0.354 e. The Morgan fingerprint density at radius 1 is 1.31 bits per heavy atom. The van der Waals surface area contributed by atoms with Crippen molar-refractivity contribution in [2.75, 3.05) is 33.7 Å². The molecular formula is C20H33IN4O. The van der Waals surface area contributed by atoms with Gasteiger partial charge in [-0.3, -0.25) is 4.79 Å². The van der Waals surface area contributed by atoms with Gasteiger partial charge in [0.2, 0.25) is 5.91 Å².